The Hall–Kier alpha value is -2.91. The van der Waals surface area contributed by atoms with Crippen molar-refractivity contribution >= 4 is 55.2 Å². The number of aryl methyl sites for hydroxylation is 2. The first kappa shape index (κ1) is 35.9. The van der Waals surface area contributed by atoms with E-state index in [2.05, 4.69) is 90.1 Å². The zero-order valence-corrected chi connectivity index (χ0v) is 29.9. The third kappa shape index (κ3) is 10.6. The second kappa shape index (κ2) is 18.4. The largest absolute Gasteiger partial charge is 0.744 e. The van der Waals surface area contributed by atoms with E-state index in [1.165, 1.54) is 107 Å². The van der Waals surface area contributed by atoms with Crippen LogP contribution in [-0.2, 0) is 16.7 Å². The quantitative estimate of drug-likeness (QED) is 0.0712. The first-order chi connectivity index (χ1) is 22.3. The molecule has 0 bridgehead atoms. The summed E-state index contributed by atoms with van der Waals surface area (Å²) in [4.78, 5) is 3.73. The van der Waals surface area contributed by atoms with E-state index in [4.69, 9.17) is 0 Å². The first-order valence-electron chi connectivity index (χ1n) is 16.7. The topological polar surface area (TPSA) is 64.3 Å². The Kier molecular flexibility index (Phi) is 14.4. The highest BCUT2D eigenvalue weighted by Crippen LogP contribution is 2.45. The van der Waals surface area contributed by atoms with E-state index in [1.54, 1.807) is 12.1 Å². The van der Waals surface area contributed by atoms with Gasteiger partial charge in [-0.15, -0.1) is 0 Å². The van der Waals surface area contributed by atoms with Crippen LogP contribution in [0.2, 0.25) is 0 Å². The summed E-state index contributed by atoms with van der Waals surface area (Å²) in [6.45, 7) is 8.60. The van der Waals surface area contributed by atoms with Crippen molar-refractivity contribution in [3.05, 3.63) is 101 Å². The molecule has 0 saturated carbocycles. The van der Waals surface area contributed by atoms with Crippen LogP contribution >= 0.6 is 23.1 Å². The van der Waals surface area contributed by atoms with Crippen molar-refractivity contribution in [2.45, 2.75) is 101 Å². The van der Waals surface area contributed by atoms with Crippen LogP contribution in [0, 0.1) is 6.92 Å². The van der Waals surface area contributed by atoms with Gasteiger partial charge in [-0.1, -0.05) is 130 Å². The lowest BCUT2D eigenvalue weighted by molar-refractivity contribution is -0.669. The number of thioether (sulfide) groups is 1. The Bertz CT molecular complexity index is 1690. The molecule has 4 aromatic rings. The van der Waals surface area contributed by atoms with Gasteiger partial charge in [-0.3, -0.25) is 0 Å². The van der Waals surface area contributed by atoms with Crippen molar-refractivity contribution in [1.29, 1.82) is 0 Å². The third-order valence-corrected chi connectivity index (χ3v) is 11.1. The average Bonchev–Trinajstić information content (AvgIpc) is 3.58. The number of benzene rings is 3. The fraction of sp³-hybridized carbons (Fsp3) is 0.395. The lowest BCUT2D eigenvalue weighted by atomic mass is 10.1. The van der Waals surface area contributed by atoms with Crippen molar-refractivity contribution in [2.75, 3.05) is 11.4 Å². The molecule has 0 N–H and O–H groups in total. The van der Waals surface area contributed by atoms with Gasteiger partial charge in [0.1, 0.15) is 14.8 Å². The molecule has 5 rings (SSSR count). The van der Waals surface area contributed by atoms with Gasteiger partial charge in [0.15, 0.2) is 6.54 Å². The summed E-state index contributed by atoms with van der Waals surface area (Å²) >= 11 is 3.82. The van der Waals surface area contributed by atoms with Crippen LogP contribution in [0.25, 0.3) is 16.3 Å². The standard InChI is InChI=1S/C31H41N2S2.C7H8O3S/c1-3-5-7-9-15-24-32-26-18-11-13-20-28(26)34-30(32)22-17-23-31-33(25-16-10-8-6-4-2)27-19-12-14-21-29(27)35-31;1-6-2-4-7(5-3-6)11(8,9)10/h11-14,17-23H,3-10,15-16,24-25H2,1-2H3;2-5H,1H3,(H,8,9,10)/q+1;/p-1. The molecule has 0 radical (unpaired) electrons. The summed E-state index contributed by atoms with van der Waals surface area (Å²) in [5, 5.41) is 2.70. The monoisotopic (exact) mass is 676 g/mol. The van der Waals surface area contributed by atoms with Gasteiger partial charge >= 0.3 is 0 Å². The van der Waals surface area contributed by atoms with E-state index in [-0.39, 0.29) is 4.90 Å². The highest BCUT2D eigenvalue weighted by atomic mass is 32.2. The average molecular weight is 677 g/mol. The van der Waals surface area contributed by atoms with Crippen LogP contribution in [0.4, 0.5) is 5.69 Å². The Balaban J connectivity index is 0.000000369. The Morgan fingerprint density at radius 2 is 1.46 bits per heavy atom. The highest BCUT2D eigenvalue weighted by Gasteiger charge is 2.24. The maximum absolute atomic E-state index is 10.4. The number of rotatable bonds is 15. The van der Waals surface area contributed by atoms with Crippen molar-refractivity contribution in [3.8, 4) is 0 Å². The lowest BCUT2D eigenvalue weighted by Crippen LogP contribution is -2.34. The molecule has 0 saturated heterocycles. The second-order valence-corrected chi connectivity index (χ2v) is 15.2. The number of nitrogens with zero attached hydrogens (tertiary/aromatic N) is 2. The van der Waals surface area contributed by atoms with Gasteiger partial charge in [0.05, 0.1) is 15.6 Å². The Morgan fingerprint density at radius 1 is 0.804 bits per heavy atom. The summed E-state index contributed by atoms with van der Waals surface area (Å²) in [6.07, 6.45) is 20.1. The van der Waals surface area contributed by atoms with Crippen LogP contribution in [0.15, 0.2) is 99.8 Å². The molecule has 46 heavy (non-hydrogen) atoms. The van der Waals surface area contributed by atoms with Crippen LogP contribution < -0.4 is 9.47 Å². The predicted molar refractivity (Wildman–Crippen MR) is 195 cm³/mol. The van der Waals surface area contributed by atoms with Gasteiger partial charge < -0.3 is 9.45 Å². The predicted octanol–water partition coefficient (Wildman–Crippen LogP) is 10.5. The summed E-state index contributed by atoms with van der Waals surface area (Å²) in [6, 6.07) is 23.5. The zero-order chi connectivity index (χ0) is 32.8. The molecule has 1 aliphatic rings. The van der Waals surface area contributed by atoms with E-state index >= 15 is 0 Å². The van der Waals surface area contributed by atoms with E-state index in [1.807, 2.05) is 30.0 Å². The molecule has 0 amide bonds. The van der Waals surface area contributed by atoms with E-state index < -0.39 is 10.1 Å². The summed E-state index contributed by atoms with van der Waals surface area (Å²) < 4.78 is 35.1. The summed E-state index contributed by atoms with van der Waals surface area (Å²) in [5.74, 6) is 0. The van der Waals surface area contributed by atoms with Crippen molar-refractivity contribution in [1.82, 2.24) is 0 Å². The summed E-state index contributed by atoms with van der Waals surface area (Å²) in [5.41, 5.74) is 3.67. The normalized spacial score (nSPS) is 13.8. The SMILES string of the molecule is CCCCCCCN1C(=CC=Cc2sc3ccccc3[n+]2CCCCCCC)Sc2ccccc21.Cc1ccc(S(=O)(=O)[O-])cc1. The van der Waals surface area contributed by atoms with Crippen molar-refractivity contribution in [2.24, 2.45) is 0 Å². The van der Waals surface area contributed by atoms with Crippen LogP contribution in [0.1, 0.15) is 88.6 Å². The number of thiazole rings is 1. The molecule has 0 unspecified atom stereocenters. The van der Waals surface area contributed by atoms with Gasteiger partial charge in [-0.25, -0.2) is 8.42 Å². The molecule has 3 aromatic carbocycles. The van der Waals surface area contributed by atoms with Crippen molar-refractivity contribution in [3.63, 3.8) is 0 Å². The molecule has 246 valence electrons. The molecule has 0 spiro atoms. The molecular formula is C38H48N2O3S3. The van der Waals surface area contributed by atoms with Crippen LogP contribution in [0.3, 0.4) is 0 Å². The van der Waals surface area contributed by atoms with E-state index in [0.717, 1.165) is 18.7 Å². The number of aromatic nitrogens is 1. The fourth-order valence-corrected chi connectivity index (χ4v) is 8.15. The molecule has 8 heteroatoms. The summed E-state index contributed by atoms with van der Waals surface area (Å²) in [7, 11) is -4.27. The number of hydrogen-bond donors (Lipinski definition) is 0. The van der Waals surface area contributed by atoms with Crippen molar-refractivity contribution < 1.29 is 17.5 Å². The highest BCUT2D eigenvalue weighted by molar-refractivity contribution is 8.03. The molecule has 5 nitrogen and oxygen atoms in total. The zero-order valence-electron chi connectivity index (χ0n) is 27.5. The maximum Gasteiger partial charge on any atom is 0.262 e. The second-order valence-electron chi connectivity index (χ2n) is 11.7. The molecule has 0 fully saturated rings. The van der Waals surface area contributed by atoms with Crippen LogP contribution in [0.5, 0.6) is 0 Å². The van der Waals surface area contributed by atoms with Gasteiger partial charge in [-0.05, 0) is 56.2 Å². The molecule has 1 aliphatic heterocycles. The minimum absolute atomic E-state index is 0.178. The van der Waals surface area contributed by atoms with E-state index in [9.17, 15) is 13.0 Å². The van der Waals surface area contributed by atoms with E-state index in [0.29, 0.717) is 0 Å². The third-order valence-electron chi connectivity index (χ3n) is 8.03. The molecule has 0 aliphatic carbocycles. The fourth-order valence-electron chi connectivity index (χ4n) is 5.48. The smallest absolute Gasteiger partial charge is 0.262 e. The van der Waals surface area contributed by atoms with Gasteiger partial charge in [-0.2, -0.15) is 4.57 Å². The van der Waals surface area contributed by atoms with Gasteiger partial charge in [0.2, 0.25) is 5.52 Å². The molecular weight excluding hydrogens is 629 g/mol. The first-order valence-corrected chi connectivity index (χ1v) is 19.7. The Labute approximate surface area is 284 Å². The van der Waals surface area contributed by atoms with Crippen LogP contribution in [-0.4, -0.2) is 19.5 Å². The lowest BCUT2D eigenvalue weighted by Gasteiger charge is -2.20. The number of fused-ring (bicyclic) bond motifs is 2. The molecule has 1 aromatic heterocycles. The minimum Gasteiger partial charge on any atom is -0.744 e. The van der Waals surface area contributed by atoms with Gasteiger partial charge in [0.25, 0.3) is 5.01 Å². The maximum atomic E-state index is 10.4. The number of anilines is 1. The number of allylic oxidation sites excluding steroid dienone is 2. The number of para-hydroxylation sites is 2. The number of hydrogen-bond acceptors (Lipinski definition) is 6. The Morgan fingerprint density at radius 3 is 2.17 bits per heavy atom. The minimum atomic E-state index is -4.27. The molecule has 0 atom stereocenters. The molecule has 2 heterocycles. The van der Waals surface area contributed by atoms with Gasteiger partial charge in [0, 0.05) is 30.0 Å². The number of unbranched alkanes of at least 4 members (excludes halogenated alkanes) is 8.